The van der Waals surface area contributed by atoms with Crippen LogP contribution in [0.4, 0.5) is 0 Å². The van der Waals surface area contributed by atoms with E-state index >= 15 is 0 Å². The zero-order valence-corrected chi connectivity index (χ0v) is 12.1. The zero-order chi connectivity index (χ0) is 14.0. The second-order valence-electron chi connectivity index (χ2n) is 5.96. The van der Waals surface area contributed by atoms with Crippen molar-refractivity contribution in [3.63, 3.8) is 0 Å². The van der Waals surface area contributed by atoms with Gasteiger partial charge in [-0.1, -0.05) is 12.1 Å². The fraction of sp³-hybridized carbons (Fsp3) is 0.438. The summed E-state index contributed by atoms with van der Waals surface area (Å²) in [6, 6.07) is 6.50. The lowest BCUT2D eigenvalue weighted by atomic mass is 10.0. The van der Waals surface area contributed by atoms with Gasteiger partial charge in [-0.3, -0.25) is 0 Å². The quantitative estimate of drug-likeness (QED) is 0.849. The van der Waals surface area contributed by atoms with Gasteiger partial charge in [-0.25, -0.2) is 4.98 Å². The van der Waals surface area contributed by atoms with Crippen LogP contribution in [0.1, 0.15) is 25.0 Å². The van der Waals surface area contributed by atoms with Crippen molar-refractivity contribution >= 4 is 0 Å². The third-order valence-electron chi connectivity index (χ3n) is 3.56. The lowest BCUT2D eigenvalue weighted by molar-refractivity contribution is 0.138. The summed E-state index contributed by atoms with van der Waals surface area (Å²) < 4.78 is 7.97. The summed E-state index contributed by atoms with van der Waals surface area (Å²) in [5.74, 6) is 1.04. The Hall–Kier alpha value is -1.81. The number of benzene rings is 1. The molecule has 2 heterocycles. The van der Waals surface area contributed by atoms with Crippen LogP contribution in [0.3, 0.4) is 0 Å². The molecule has 0 atom stereocenters. The van der Waals surface area contributed by atoms with Crippen LogP contribution in [0.5, 0.6) is 5.75 Å². The molecule has 0 spiro atoms. The lowest BCUT2D eigenvalue weighted by Gasteiger charge is -2.16. The number of rotatable bonds is 5. The normalized spacial score (nSPS) is 15.9. The molecule has 20 heavy (non-hydrogen) atoms. The Morgan fingerprint density at radius 2 is 2.30 bits per heavy atom. The molecule has 0 bridgehead atoms. The number of hydrogen-bond acceptors (Lipinski definition) is 3. The van der Waals surface area contributed by atoms with E-state index in [0.29, 0.717) is 0 Å². The number of fused-ring (bicyclic) bond motifs is 1. The van der Waals surface area contributed by atoms with Crippen LogP contribution in [0.2, 0.25) is 0 Å². The van der Waals surface area contributed by atoms with E-state index in [-0.39, 0.29) is 5.60 Å². The van der Waals surface area contributed by atoms with Gasteiger partial charge in [-0.15, -0.1) is 0 Å². The molecule has 1 N–H and O–H groups in total. The van der Waals surface area contributed by atoms with Gasteiger partial charge in [0.1, 0.15) is 11.4 Å². The first kappa shape index (κ1) is 13.2. The van der Waals surface area contributed by atoms with Crippen molar-refractivity contribution in [3.8, 4) is 5.75 Å². The third kappa shape index (κ3) is 3.02. The fourth-order valence-corrected chi connectivity index (χ4v) is 2.63. The van der Waals surface area contributed by atoms with E-state index in [4.69, 9.17) is 4.74 Å². The summed E-state index contributed by atoms with van der Waals surface area (Å²) in [7, 11) is 0. The molecule has 0 radical (unpaired) electrons. The first-order valence-corrected chi connectivity index (χ1v) is 7.10. The molecule has 0 fully saturated rings. The largest absolute Gasteiger partial charge is 0.487 e. The standard InChI is InChI=1S/C16H21N3O/c1-16(2)10-14-9-13(3-4-15(14)20-16)11-17-5-7-19-8-6-18-12-19/h3-4,6,8-9,12,17H,5,7,10-11H2,1-2H3. The second-order valence-corrected chi connectivity index (χ2v) is 5.96. The smallest absolute Gasteiger partial charge is 0.123 e. The van der Waals surface area contributed by atoms with Gasteiger partial charge in [0.15, 0.2) is 0 Å². The van der Waals surface area contributed by atoms with Crippen LogP contribution < -0.4 is 10.1 Å². The van der Waals surface area contributed by atoms with E-state index in [1.54, 1.807) is 0 Å². The number of ether oxygens (including phenoxy) is 1. The first-order valence-electron chi connectivity index (χ1n) is 7.10. The number of nitrogens with zero attached hydrogens (tertiary/aromatic N) is 2. The fourth-order valence-electron chi connectivity index (χ4n) is 2.63. The number of imidazole rings is 1. The minimum atomic E-state index is -0.0597. The summed E-state index contributed by atoms with van der Waals surface area (Å²) in [5, 5.41) is 3.46. The molecule has 2 aromatic rings. The molecule has 0 unspecified atom stereocenters. The van der Waals surface area contributed by atoms with Crippen molar-refractivity contribution in [1.82, 2.24) is 14.9 Å². The molecule has 4 heteroatoms. The highest BCUT2D eigenvalue weighted by Crippen LogP contribution is 2.35. The van der Waals surface area contributed by atoms with Gasteiger partial charge < -0.3 is 14.6 Å². The Kier molecular flexibility index (Phi) is 3.49. The molecule has 106 valence electrons. The van der Waals surface area contributed by atoms with E-state index in [1.165, 1.54) is 11.1 Å². The molecule has 0 amide bonds. The van der Waals surface area contributed by atoms with Gasteiger partial charge >= 0.3 is 0 Å². The predicted molar refractivity (Wildman–Crippen MR) is 78.8 cm³/mol. The number of aromatic nitrogens is 2. The molecule has 1 aromatic carbocycles. The van der Waals surface area contributed by atoms with Crippen molar-refractivity contribution in [2.24, 2.45) is 0 Å². The highest BCUT2D eigenvalue weighted by Gasteiger charge is 2.29. The van der Waals surface area contributed by atoms with Gasteiger partial charge in [-0.05, 0) is 31.0 Å². The highest BCUT2D eigenvalue weighted by atomic mass is 16.5. The van der Waals surface area contributed by atoms with Gasteiger partial charge in [0.2, 0.25) is 0 Å². The second kappa shape index (κ2) is 5.29. The number of nitrogens with one attached hydrogen (secondary N) is 1. The molecule has 1 aliphatic heterocycles. The van der Waals surface area contributed by atoms with E-state index in [1.807, 2.05) is 18.7 Å². The minimum Gasteiger partial charge on any atom is -0.487 e. The van der Waals surface area contributed by atoms with Gasteiger partial charge in [0.05, 0.1) is 6.33 Å². The van der Waals surface area contributed by atoms with Gasteiger partial charge in [-0.2, -0.15) is 0 Å². The Morgan fingerprint density at radius 3 is 3.10 bits per heavy atom. The van der Waals surface area contributed by atoms with Crippen LogP contribution in [0, 0.1) is 0 Å². The Labute approximate surface area is 119 Å². The number of hydrogen-bond donors (Lipinski definition) is 1. The molecule has 1 aromatic heterocycles. The third-order valence-corrected chi connectivity index (χ3v) is 3.56. The summed E-state index contributed by atoms with van der Waals surface area (Å²) in [4.78, 5) is 4.03. The maximum atomic E-state index is 5.89. The topological polar surface area (TPSA) is 39.1 Å². The monoisotopic (exact) mass is 271 g/mol. The maximum absolute atomic E-state index is 5.89. The van der Waals surface area contributed by atoms with Gasteiger partial charge in [0.25, 0.3) is 0 Å². The Morgan fingerprint density at radius 1 is 1.40 bits per heavy atom. The molecular weight excluding hydrogens is 250 g/mol. The maximum Gasteiger partial charge on any atom is 0.123 e. The van der Waals surface area contributed by atoms with Crippen molar-refractivity contribution in [2.75, 3.05) is 6.54 Å². The molecule has 0 aliphatic carbocycles. The average molecular weight is 271 g/mol. The minimum absolute atomic E-state index is 0.0597. The van der Waals surface area contributed by atoms with Crippen LogP contribution in [0.25, 0.3) is 0 Å². The van der Waals surface area contributed by atoms with Gasteiger partial charge in [0, 0.05) is 38.4 Å². The van der Waals surface area contributed by atoms with Crippen LogP contribution >= 0.6 is 0 Å². The molecular formula is C16H21N3O. The van der Waals surface area contributed by atoms with Crippen molar-refractivity contribution in [2.45, 2.75) is 39.0 Å². The zero-order valence-electron chi connectivity index (χ0n) is 12.1. The Balaban J connectivity index is 1.52. The molecule has 0 saturated carbocycles. The van der Waals surface area contributed by atoms with E-state index in [0.717, 1.165) is 31.8 Å². The van der Waals surface area contributed by atoms with Crippen molar-refractivity contribution in [1.29, 1.82) is 0 Å². The average Bonchev–Trinajstić information content (AvgIpc) is 2.99. The van der Waals surface area contributed by atoms with E-state index in [9.17, 15) is 0 Å². The summed E-state index contributed by atoms with van der Waals surface area (Å²) in [6.07, 6.45) is 6.63. The summed E-state index contributed by atoms with van der Waals surface area (Å²) in [6.45, 7) is 7.05. The SMILES string of the molecule is CC1(C)Cc2cc(CNCCn3ccnc3)ccc2O1. The Bertz CT molecular complexity index is 575. The van der Waals surface area contributed by atoms with Crippen molar-refractivity contribution < 1.29 is 4.74 Å². The highest BCUT2D eigenvalue weighted by molar-refractivity contribution is 5.41. The van der Waals surface area contributed by atoms with E-state index < -0.39 is 0 Å². The summed E-state index contributed by atoms with van der Waals surface area (Å²) >= 11 is 0. The van der Waals surface area contributed by atoms with Crippen LogP contribution in [-0.4, -0.2) is 21.7 Å². The first-order chi connectivity index (χ1) is 9.62. The molecule has 1 aliphatic rings. The summed E-state index contributed by atoms with van der Waals surface area (Å²) in [5.41, 5.74) is 2.58. The predicted octanol–water partition coefficient (Wildman–Crippen LogP) is 2.39. The molecule has 0 saturated heterocycles. The van der Waals surface area contributed by atoms with Crippen LogP contribution in [0.15, 0.2) is 36.9 Å². The molecule has 3 rings (SSSR count). The molecule has 4 nitrogen and oxygen atoms in total. The van der Waals surface area contributed by atoms with Crippen LogP contribution in [-0.2, 0) is 19.5 Å². The van der Waals surface area contributed by atoms with E-state index in [2.05, 4.69) is 46.9 Å². The lowest BCUT2D eigenvalue weighted by Crippen LogP contribution is -2.24. The van der Waals surface area contributed by atoms with Crippen molar-refractivity contribution in [3.05, 3.63) is 48.0 Å².